The molecule has 1 heterocycles. The molecule has 0 bridgehead atoms. The molecule has 14 heavy (non-hydrogen) atoms. The number of ether oxygens (including phenoxy) is 1. The fourth-order valence-electron chi connectivity index (χ4n) is 1.51. The lowest BCUT2D eigenvalue weighted by molar-refractivity contribution is 0.415. The van der Waals surface area contributed by atoms with Crippen molar-refractivity contribution < 1.29 is 4.74 Å². The third-order valence-electron chi connectivity index (χ3n) is 2.30. The van der Waals surface area contributed by atoms with Crippen LogP contribution < -0.4 is 10.5 Å². The van der Waals surface area contributed by atoms with Crippen LogP contribution in [0.1, 0.15) is 18.5 Å². The van der Waals surface area contributed by atoms with E-state index in [9.17, 15) is 0 Å². The summed E-state index contributed by atoms with van der Waals surface area (Å²) >= 11 is 1.71. The number of fused-ring (bicyclic) bond motifs is 1. The number of thiophene rings is 1. The lowest BCUT2D eigenvalue weighted by atomic mass is 10.1. The van der Waals surface area contributed by atoms with Crippen molar-refractivity contribution in [3.63, 3.8) is 0 Å². The third-order valence-corrected chi connectivity index (χ3v) is 3.27. The highest BCUT2D eigenvalue weighted by molar-refractivity contribution is 7.17. The van der Waals surface area contributed by atoms with E-state index in [2.05, 4.69) is 11.4 Å². The highest BCUT2D eigenvalue weighted by Crippen LogP contribution is 2.31. The fourth-order valence-corrected chi connectivity index (χ4v) is 2.60. The number of benzene rings is 1. The molecule has 74 valence electrons. The topological polar surface area (TPSA) is 35.2 Å². The van der Waals surface area contributed by atoms with Gasteiger partial charge in [0.1, 0.15) is 5.75 Å². The van der Waals surface area contributed by atoms with Crippen LogP contribution in [0.15, 0.2) is 23.6 Å². The van der Waals surface area contributed by atoms with Crippen molar-refractivity contribution in [3.8, 4) is 5.75 Å². The number of nitrogens with two attached hydrogens (primary N) is 1. The molecule has 0 aliphatic heterocycles. The number of rotatable bonds is 2. The minimum absolute atomic E-state index is 0.0946. The molecule has 0 saturated carbocycles. The monoisotopic (exact) mass is 207 g/mol. The molecule has 1 unspecified atom stereocenters. The summed E-state index contributed by atoms with van der Waals surface area (Å²) in [5.74, 6) is 0.899. The minimum atomic E-state index is 0.0946. The van der Waals surface area contributed by atoms with Gasteiger partial charge in [-0.15, -0.1) is 11.3 Å². The largest absolute Gasteiger partial charge is 0.497 e. The normalized spacial score (nSPS) is 13.1. The summed E-state index contributed by atoms with van der Waals surface area (Å²) in [5.41, 5.74) is 7.09. The Bertz CT molecular complexity index is 447. The van der Waals surface area contributed by atoms with Crippen molar-refractivity contribution in [1.29, 1.82) is 0 Å². The highest BCUT2D eigenvalue weighted by Gasteiger charge is 2.07. The van der Waals surface area contributed by atoms with Crippen LogP contribution in [-0.2, 0) is 0 Å². The maximum atomic E-state index is 5.87. The first-order valence-corrected chi connectivity index (χ1v) is 5.41. The summed E-state index contributed by atoms with van der Waals surface area (Å²) in [6, 6.07) is 6.19. The van der Waals surface area contributed by atoms with E-state index in [0.29, 0.717) is 0 Å². The van der Waals surface area contributed by atoms with E-state index in [1.165, 1.54) is 15.6 Å². The molecule has 1 atom stereocenters. The molecule has 1 aromatic heterocycles. The number of hydrogen-bond acceptors (Lipinski definition) is 3. The Morgan fingerprint density at radius 1 is 1.43 bits per heavy atom. The van der Waals surface area contributed by atoms with Crippen molar-refractivity contribution in [2.45, 2.75) is 13.0 Å². The quantitative estimate of drug-likeness (QED) is 0.821. The van der Waals surface area contributed by atoms with Gasteiger partial charge in [0, 0.05) is 10.7 Å². The zero-order valence-electron chi connectivity index (χ0n) is 8.28. The lowest BCUT2D eigenvalue weighted by Crippen LogP contribution is -2.03. The van der Waals surface area contributed by atoms with Crippen molar-refractivity contribution in [1.82, 2.24) is 0 Å². The molecule has 0 saturated heterocycles. The first kappa shape index (κ1) is 9.49. The average molecular weight is 207 g/mol. The van der Waals surface area contributed by atoms with Crippen molar-refractivity contribution in [2.24, 2.45) is 5.73 Å². The van der Waals surface area contributed by atoms with Gasteiger partial charge in [0.25, 0.3) is 0 Å². The van der Waals surface area contributed by atoms with E-state index >= 15 is 0 Å². The van der Waals surface area contributed by atoms with Crippen LogP contribution >= 0.6 is 11.3 Å². The Balaban J connectivity index is 2.59. The maximum Gasteiger partial charge on any atom is 0.120 e. The molecular weight excluding hydrogens is 194 g/mol. The highest BCUT2D eigenvalue weighted by atomic mass is 32.1. The van der Waals surface area contributed by atoms with E-state index < -0.39 is 0 Å². The summed E-state index contributed by atoms with van der Waals surface area (Å²) in [6.07, 6.45) is 0. The lowest BCUT2D eigenvalue weighted by Gasteiger charge is -2.03. The Morgan fingerprint density at radius 2 is 2.21 bits per heavy atom. The summed E-state index contributed by atoms with van der Waals surface area (Å²) in [7, 11) is 1.68. The average Bonchev–Trinajstić information content (AvgIpc) is 2.59. The van der Waals surface area contributed by atoms with Gasteiger partial charge >= 0.3 is 0 Å². The van der Waals surface area contributed by atoms with Crippen LogP contribution in [0.3, 0.4) is 0 Å². The van der Waals surface area contributed by atoms with Gasteiger partial charge in [0.15, 0.2) is 0 Å². The molecule has 0 aliphatic rings. The second-order valence-electron chi connectivity index (χ2n) is 3.34. The van der Waals surface area contributed by atoms with Gasteiger partial charge in [0.2, 0.25) is 0 Å². The molecule has 1 aromatic carbocycles. The maximum absolute atomic E-state index is 5.87. The van der Waals surface area contributed by atoms with E-state index in [-0.39, 0.29) is 6.04 Å². The van der Waals surface area contributed by atoms with Gasteiger partial charge in [0.05, 0.1) is 7.11 Å². The Kier molecular flexibility index (Phi) is 2.44. The molecular formula is C11H13NOS. The third kappa shape index (κ3) is 1.49. The summed E-state index contributed by atoms with van der Waals surface area (Å²) in [5, 5.41) is 3.36. The van der Waals surface area contributed by atoms with Gasteiger partial charge in [-0.1, -0.05) is 0 Å². The predicted octanol–water partition coefficient (Wildman–Crippen LogP) is 2.93. The van der Waals surface area contributed by atoms with Crippen molar-refractivity contribution in [3.05, 3.63) is 29.1 Å². The molecule has 0 spiro atoms. The van der Waals surface area contributed by atoms with Crippen LogP contribution in [0.5, 0.6) is 5.75 Å². The Morgan fingerprint density at radius 3 is 2.86 bits per heavy atom. The van der Waals surface area contributed by atoms with Crippen LogP contribution in [0.25, 0.3) is 10.1 Å². The van der Waals surface area contributed by atoms with E-state index in [4.69, 9.17) is 10.5 Å². The van der Waals surface area contributed by atoms with Gasteiger partial charge in [-0.05, 0) is 41.5 Å². The Labute approximate surface area is 87.3 Å². The van der Waals surface area contributed by atoms with Gasteiger partial charge in [-0.25, -0.2) is 0 Å². The summed E-state index contributed by atoms with van der Waals surface area (Å²) < 4.78 is 6.40. The molecule has 2 rings (SSSR count). The minimum Gasteiger partial charge on any atom is -0.497 e. The second kappa shape index (κ2) is 3.59. The van der Waals surface area contributed by atoms with Crippen molar-refractivity contribution >= 4 is 21.4 Å². The van der Waals surface area contributed by atoms with E-state index in [0.717, 1.165) is 5.75 Å². The smallest absolute Gasteiger partial charge is 0.120 e. The van der Waals surface area contributed by atoms with Crippen LogP contribution in [0.2, 0.25) is 0 Å². The standard InChI is InChI=1S/C11H13NOS/c1-7(12)10-6-14-11-5-8(13-2)3-4-9(10)11/h3-7H,12H2,1-2H3. The molecule has 0 aliphatic carbocycles. The van der Waals surface area contributed by atoms with Crippen LogP contribution in [0, 0.1) is 0 Å². The van der Waals surface area contributed by atoms with Gasteiger partial charge in [-0.3, -0.25) is 0 Å². The number of methoxy groups -OCH3 is 1. The Hall–Kier alpha value is -1.06. The first-order chi connectivity index (χ1) is 6.72. The van der Waals surface area contributed by atoms with Gasteiger partial charge in [-0.2, -0.15) is 0 Å². The van der Waals surface area contributed by atoms with Gasteiger partial charge < -0.3 is 10.5 Å². The molecule has 2 nitrogen and oxygen atoms in total. The molecule has 0 amide bonds. The SMILES string of the molecule is COc1ccc2c(C(C)N)csc2c1. The second-order valence-corrected chi connectivity index (χ2v) is 4.25. The van der Waals surface area contributed by atoms with Crippen LogP contribution in [0.4, 0.5) is 0 Å². The van der Waals surface area contributed by atoms with Crippen LogP contribution in [-0.4, -0.2) is 7.11 Å². The summed E-state index contributed by atoms with van der Waals surface area (Å²) in [6.45, 7) is 2.01. The molecule has 0 radical (unpaired) electrons. The first-order valence-electron chi connectivity index (χ1n) is 4.53. The molecule has 3 heteroatoms. The summed E-state index contributed by atoms with van der Waals surface area (Å²) in [4.78, 5) is 0. The predicted molar refractivity (Wildman–Crippen MR) is 61.0 cm³/mol. The fraction of sp³-hybridized carbons (Fsp3) is 0.273. The zero-order valence-corrected chi connectivity index (χ0v) is 9.10. The molecule has 2 aromatic rings. The van der Waals surface area contributed by atoms with Crippen molar-refractivity contribution in [2.75, 3.05) is 7.11 Å². The zero-order chi connectivity index (χ0) is 10.1. The number of hydrogen-bond donors (Lipinski definition) is 1. The van der Waals surface area contributed by atoms with E-state index in [1.54, 1.807) is 18.4 Å². The molecule has 0 fully saturated rings. The molecule has 2 N–H and O–H groups in total. The van der Waals surface area contributed by atoms with E-state index in [1.807, 2.05) is 19.1 Å².